The van der Waals surface area contributed by atoms with Gasteiger partial charge in [0, 0.05) is 18.7 Å². The fourth-order valence-corrected chi connectivity index (χ4v) is 5.01. The van der Waals surface area contributed by atoms with Crippen LogP contribution in [0.4, 0.5) is 8.78 Å². The molecule has 3 fully saturated rings. The van der Waals surface area contributed by atoms with E-state index in [1.807, 2.05) is 0 Å². The highest BCUT2D eigenvalue weighted by Gasteiger charge is 2.43. The van der Waals surface area contributed by atoms with Crippen LogP contribution >= 0.6 is 0 Å². The third-order valence-corrected chi connectivity index (χ3v) is 7.35. The maximum atomic E-state index is 13.7. The second-order valence-electron chi connectivity index (χ2n) is 10.1. The molecule has 14 heteroatoms. The number of methoxy groups -OCH3 is 1. The molecule has 2 unspecified atom stereocenters. The Morgan fingerprint density at radius 1 is 1.12 bits per heavy atom. The number of nitrogens with two attached hydrogens (primary N) is 1. The lowest BCUT2D eigenvalue weighted by atomic mass is 10.1. The van der Waals surface area contributed by atoms with Crippen molar-refractivity contribution in [2.45, 2.75) is 50.9 Å². The molecule has 2 amide bonds. The number of ether oxygens (including phenoxy) is 4. The van der Waals surface area contributed by atoms with Crippen molar-refractivity contribution in [3.05, 3.63) is 29.7 Å². The van der Waals surface area contributed by atoms with Crippen LogP contribution in [0, 0.1) is 5.92 Å². The number of nitrogens with zero attached hydrogens (tertiary/aromatic N) is 3. The number of halogens is 2. The fraction of sp³-hybridized carbons (Fsp3) is 0.556. The zero-order valence-corrected chi connectivity index (χ0v) is 22.6. The van der Waals surface area contributed by atoms with Crippen molar-refractivity contribution in [3.63, 3.8) is 0 Å². The van der Waals surface area contributed by atoms with Crippen molar-refractivity contribution in [2.75, 3.05) is 40.0 Å². The number of esters is 1. The third kappa shape index (κ3) is 6.27. The summed E-state index contributed by atoms with van der Waals surface area (Å²) >= 11 is 0. The first-order valence-corrected chi connectivity index (χ1v) is 13.5. The molecule has 2 aromatic rings. The summed E-state index contributed by atoms with van der Waals surface area (Å²) in [5, 5.41) is 0. The van der Waals surface area contributed by atoms with Crippen LogP contribution in [0.15, 0.2) is 22.6 Å². The fourth-order valence-electron chi connectivity index (χ4n) is 5.01. The maximum absolute atomic E-state index is 13.7. The Hall–Kier alpha value is -3.78. The summed E-state index contributed by atoms with van der Waals surface area (Å²) in [6, 6.07) is 2.55. The van der Waals surface area contributed by atoms with E-state index < -0.39 is 30.6 Å². The number of carbonyl (C=O) groups is 3. The van der Waals surface area contributed by atoms with Crippen molar-refractivity contribution < 1.29 is 46.5 Å². The van der Waals surface area contributed by atoms with Gasteiger partial charge in [0.1, 0.15) is 6.04 Å². The number of morpholine rings is 1. The largest absolute Gasteiger partial charge is 0.489 e. The smallest absolute Gasteiger partial charge is 0.387 e. The van der Waals surface area contributed by atoms with E-state index in [4.69, 9.17) is 24.4 Å². The van der Waals surface area contributed by atoms with Gasteiger partial charge in [-0.3, -0.25) is 9.59 Å². The Bertz CT molecular complexity index is 1280. The van der Waals surface area contributed by atoms with Gasteiger partial charge < -0.3 is 38.9 Å². The first-order chi connectivity index (χ1) is 19.8. The van der Waals surface area contributed by atoms with Crippen LogP contribution < -0.4 is 15.2 Å². The quantitative estimate of drug-likeness (QED) is 0.416. The molecule has 12 nitrogen and oxygen atoms in total. The van der Waals surface area contributed by atoms with Crippen LogP contribution in [0.1, 0.15) is 41.9 Å². The highest BCUT2D eigenvalue weighted by atomic mass is 19.3. The van der Waals surface area contributed by atoms with Gasteiger partial charge in [-0.15, -0.1) is 0 Å². The van der Waals surface area contributed by atoms with E-state index in [1.54, 1.807) is 0 Å². The molecule has 2 atom stereocenters. The van der Waals surface area contributed by atoms with Gasteiger partial charge in [0.05, 0.1) is 33.5 Å². The molecular weight excluding hydrogens is 546 g/mol. The second kappa shape index (κ2) is 12.4. The molecule has 0 spiro atoms. The van der Waals surface area contributed by atoms with Gasteiger partial charge >= 0.3 is 12.6 Å². The molecule has 0 radical (unpaired) electrons. The Balaban J connectivity index is 1.38. The van der Waals surface area contributed by atoms with Crippen LogP contribution in [0.5, 0.6) is 11.5 Å². The van der Waals surface area contributed by atoms with Crippen molar-refractivity contribution in [1.29, 1.82) is 0 Å². The molecular formula is C27H32F2N4O8. The predicted molar refractivity (Wildman–Crippen MR) is 137 cm³/mol. The lowest BCUT2D eigenvalue weighted by molar-refractivity contribution is -0.162. The van der Waals surface area contributed by atoms with Crippen molar-refractivity contribution in [1.82, 2.24) is 14.8 Å². The number of carbonyl (C=O) groups excluding carboxylic acids is 3. The zero-order valence-electron chi connectivity index (χ0n) is 22.6. The Kier molecular flexibility index (Phi) is 8.68. The molecule has 222 valence electrons. The summed E-state index contributed by atoms with van der Waals surface area (Å²) in [6.45, 7) is -2.06. The highest BCUT2D eigenvalue weighted by molar-refractivity contribution is 5.98. The number of amides is 2. The van der Waals surface area contributed by atoms with E-state index in [9.17, 15) is 23.2 Å². The van der Waals surface area contributed by atoms with Crippen molar-refractivity contribution in [2.24, 2.45) is 11.7 Å². The van der Waals surface area contributed by atoms with Gasteiger partial charge in [0.15, 0.2) is 29.0 Å². The van der Waals surface area contributed by atoms with Gasteiger partial charge in [-0.2, -0.15) is 8.78 Å². The van der Waals surface area contributed by atoms with Crippen LogP contribution in [0.25, 0.3) is 11.5 Å². The van der Waals surface area contributed by atoms with Gasteiger partial charge in [-0.1, -0.05) is 0 Å². The molecule has 41 heavy (non-hydrogen) atoms. The van der Waals surface area contributed by atoms with Crippen LogP contribution in [-0.4, -0.2) is 91.3 Å². The first kappa shape index (κ1) is 28.7. The minimum Gasteiger partial charge on any atom is -0.489 e. The van der Waals surface area contributed by atoms with Gasteiger partial charge in [-0.25, -0.2) is 9.78 Å². The molecule has 5 rings (SSSR count). The second-order valence-corrected chi connectivity index (χ2v) is 10.1. The number of rotatable bonds is 10. The maximum Gasteiger partial charge on any atom is 0.387 e. The summed E-state index contributed by atoms with van der Waals surface area (Å²) in [4.78, 5) is 46.7. The molecule has 1 aromatic heterocycles. The zero-order chi connectivity index (χ0) is 29.1. The topological polar surface area (TPSA) is 147 Å². The molecule has 2 N–H and O–H groups in total. The van der Waals surface area contributed by atoms with E-state index in [2.05, 4.69) is 9.72 Å². The Morgan fingerprint density at radius 3 is 2.63 bits per heavy atom. The van der Waals surface area contributed by atoms with Gasteiger partial charge in [-0.05, 0) is 49.8 Å². The number of benzene rings is 1. The standard InChI is InChI=1S/C27H32F2N4O8/c1-37-26(36)18-14-38-10-9-33(18)24(34)17-3-2-8-32(17)25(35)22-21(12-30)40-23(31-22)16-6-7-19(41-27(28)29)20(11-16)39-13-15-4-5-15/h6-7,11,15,17-18,27H,2-5,8-10,12-14,30H2,1H3. The molecule has 3 heterocycles. The summed E-state index contributed by atoms with van der Waals surface area (Å²) in [6.07, 6.45) is 2.99. The number of hydrogen-bond acceptors (Lipinski definition) is 10. The molecule has 1 aromatic carbocycles. The van der Waals surface area contributed by atoms with E-state index in [0.29, 0.717) is 37.5 Å². The summed E-state index contributed by atoms with van der Waals surface area (Å²) in [5.74, 6) is -1.02. The SMILES string of the molecule is COC(=O)C1COCCN1C(=O)C1CCCN1C(=O)c1nc(-c2ccc(OC(F)F)c(OCC3CC3)c2)oc1CN. The van der Waals surface area contributed by atoms with Gasteiger partial charge in [0.25, 0.3) is 5.91 Å². The van der Waals surface area contributed by atoms with Crippen LogP contribution in [0.3, 0.4) is 0 Å². The molecule has 0 bridgehead atoms. The number of hydrogen-bond donors (Lipinski definition) is 1. The average molecular weight is 579 g/mol. The minimum absolute atomic E-state index is 0.0105. The van der Waals surface area contributed by atoms with E-state index >= 15 is 0 Å². The van der Waals surface area contributed by atoms with Crippen molar-refractivity contribution >= 4 is 17.8 Å². The predicted octanol–water partition coefficient (Wildman–Crippen LogP) is 2.20. The molecule has 2 saturated heterocycles. The monoisotopic (exact) mass is 578 g/mol. The normalized spacial score (nSPS) is 20.8. The lowest BCUT2D eigenvalue weighted by Gasteiger charge is -2.36. The first-order valence-electron chi connectivity index (χ1n) is 13.5. The van der Waals surface area contributed by atoms with E-state index in [1.165, 1.54) is 35.1 Å². The average Bonchev–Trinajstić information content (AvgIpc) is 3.50. The summed E-state index contributed by atoms with van der Waals surface area (Å²) in [7, 11) is 1.24. The molecule has 3 aliphatic rings. The summed E-state index contributed by atoms with van der Waals surface area (Å²) < 4.78 is 52.2. The number of aromatic nitrogens is 1. The number of alkyl halides is 2. The Labute approximate surface area is 234 Å². The third-order valence-electron chi connectivity index (χ3n) is 7.35. The molecule has 1 saturated carbocycles. The molecule has 1 aliphatic carbocycles. The summed E-state index contributed by atoms with van der Waals surface area (Å²) in [5.41, 5.74) is 6.20. The van der Waals surface area contributed by atoms with Crippen molar-refractivity contribution in [3.8, 4) is 23.0 Å². The number of likely N-dealkylation sites (tertiary alicyclic amines) is 1. The highest BCUT2D eigenvalue weighted by Crippen LogP contribution is 2.37. The lowest BCUT2D eigenvalue weighted by Crippen LogP contribution is -2.58. The van der Waals surface area contributed by atoms with Crippen LogP contribution in [-0.2, 0) is 25.6 Å². The Morgan fingerprint density at radius 2 is 1.93 bits per heavy atom. The van der Waals surface area contributed by atoms with E-state index in [0.717, 1.165) is 12.8 Å². The van der Waals surface area contributed by atoms with Gasteiger partial charge in [0.2, 0.25) is 11.8 Å². The number of oxazole rings is 1. The minimum atomic E-state index is -3.03. The van der Waals surface area contributed by atoms with Crippen LogP contribution in [0.2, 0.25) is 0 Å². The molecule has 2 aliphatic heterocycles. The van der Waals surface area contributed by atoms with E-state index in [-0.39, 0.29) is 61.1 Å².